The molecule has 0 saturated heterocycles. The van der Waals surface area contributed by atoms with Crippen LogP contribution >= 0.6 is 0 Å². The summed E-state index contributed by atoms with van der Waals surface area (Å²) in [5, 5.41) is 4.02. The van der Waals surface area contributed by atoms with Crippen molar-refractivity contribution in [3.63, 3.8) is 0 Å². The van der Waals surface area contributed by atoms with E-state index in [1.807, 2.05) is 14.1 Å². The molecule has 0 amide bonds. The van der Waals surface area contributed by atoms with E-state index in [-0.39, 0.29) is 5.95 Å². The molecule has 0 atom stereocenters. The Labute approximate surface area is 86.6 Å². The number of nitrogens with zero attached hydrogens (tertiary/aromatic N) is 6. The zero-order valence-corrected chi connectivity index (χ0v) is 8.49. The van der Waals surface area contributed by atoms with Crippen molar-refractivity contribution in [2.75, 3.05) is 24.7 Å². The van der Waals surface area contributed by atoms with Gasteiger partial charge in [0, 0.05) is 26.5 Å². The van der Waals surface area contributed by atoms with Crippen molar-refractivity contribution in [3.8, 4) is 5.95 Å². The molecule has 7 heteroatoms. The molecule has 0 aliphatic heterocycles. The lowest BCUT2D eigenvalue weighted by molar-refractivity contribution is 0.792. The molecule has 0 spiro atoms. The molecule has 0 aromatic carbocycles. The highest BCUT2D eigenvalue weighted by Gasteiger charge is 2.07. The molecule has 2 rings (SSSR count). The Hall–Kier alpha value is -2.18. The van der Waals surface area contributed by atoms with E-state index in [2.05, 4.69) is 20.1 Å². The number of hydrogen-bond donors (Lipinski definition) is 1. The van der Waals surface area contributed by atoms with Gasteiger partial charge >= 0.3 is 0 Å². The molecule has 2 aromatic rings. The quantitative estimate of drug-likeness (QED) is 0.724. The molecular weight excluding hydrogens is 194 g/mol. The van der Waals surface area contributed by atoms with E-state index >= 15 is 0 Å². The van der Waals surface area contributed by atoms with Crippen LogP contribution in [0.2, 0.25) is 0 Å². The maximum atomic E-state index is 5.57. The Kier molecular flexibility index (Phi) is 2.20. The number of hydrogen-bond acceptors (Lipinski definition) is 6. The first-order chi connectivity index (χ1) is 7.16. The van der Waals surface area contributed by atoms with Gasteiger partial charge in [0.15, 0.2) is 0 Å². The van der Waals surface area contributed by atoms with E-state index in [9.17, 15) is 0 Å². The maximum absolute atomic E-state index is 5.57. The lowest BCUT2D eigenvalue weighted by Crippen LogP contribution is -2.16. The minimum atomic E-state index is 0.180. The van der Waals surface area contributed by atoms with Crippen LogP contribution < -0.4 is 10.6 Å². The van der Waals surface area contributed by atoms with Gasteiger partial charge in [0.2, 0.25) is 11.9 Å². The molecule has 7 nitrogen and oxygen atoms in total. The normalized spacial score (nSPS) is 10.3. The molecule has 0 unspecified atom stereocenters. The van der Waals surface area contributed by atoms with Crippen LogP contribution in [0.15, 0.2) is 18.5 Å². The highest BCUT2D eigenvalue weighted by Crippen LogP contribution is 2.07. The molecule has 0 fully saturated rings. The Morgan fingerprint density at radius 1 is 1.27 bits per heavy atom. The third kappa shape index (κ3) is 1.85. The predicted molar refractivity (Wildman–Crippen MR) is 55.7 cm³/mol. The zero-order valence-electron chi connectivity index (χ0n) is 8.49. The molecule has 0 bridgehead atoms. The van der Waals surface area contributed by atoms with Crippen LogP contribution in [-0.2, 0) is 0 Å². The van der Waals surface area contributed by atoms with E-state index in [1.54, 1.807) is 23.4 Å². The second-order valence-electron chi connectivity index (χ2n) is 3.14. The van der Waals surface area contributed by atoms with Gasteiger partial charge in [-0.05, 0) is 6.07 Å². The molecule has 78 valence electrons. The van der Waals surface area contributed by atoms with Crippen molar-refractivity contribution in [2.45, 2.75) is 0 Å². The Morgan fingerprint density at radius 3 is 2.67 bits per heavy atom. The zero-order chi connectivity index (χ0) is 10.8. The first kappa shape index (κ1) is 9.38. The van der Waals surface area contributed by atoms with E-state index in [4.69, 9.17) is 5.73 Å². The minimum Gasteiger partial charge on any atom is -0.368 e. The average Bonchev–Trinajstić information content (AvgIpc) is 2.69. The fourth-order valence-corrected chi connectivity index (χ4v) is 1.06. The van der Waals surface area contributed by atoms with E-state index in [1.165, 1.54) is 4.68 Å². The van der Waals surface area contributed by atoms with E-state index in [0.717, 1.165) is 0 Å². The first-order valence-corrected chi connectivity index (χ1v) is 4.36. The number of rotatable bonds is 2. The van der Waals surface area contributed by atoms with Crippen molar-refractivity contribution in [2.24, 2.45) is 0 Å². The standard InChI is InChI=1S/C8H11N7/c1-14(2)7-11-6(9)12-8(13-7)15-5-3-4-10-15/h3-5H,1-2H3,(H2,9,11,12,13). The van der Waals surface area contributed by atoms with Crippen LogP contribution in [0.3, 0.4) is 0 Å². The third-order valence-corrected chi connectivity index (χ3v) is 1.74. The van der Waals surface area contributed by atoms with Crippen molar-refractivity contribution >= 4 is 11.9 Å². The van der Waals surface area contributed by atoms with Gasteiger partial charge in [-0.25, -0.2) is 4.68 Å². The van der Waals surface area contributed by atoms with E-state index < -0.39 is 0 Å². The van der Waals surface area contributed by atoms with Gasteiger partial charge in [-0.1, -0.05) is 0 Å². The van der Waals surface area contributed by atoms with Crippen LogP contribution in [0.1, 0.15) is 0 Å². The first-order valence-electron chi connectivity index (χ1n) is 4.36. The Bertz CT molecular complexity index is 448. The van der Waals surface area contributed by atoms with E-state index in [0.29, 0.717) is 11.9 Å². The average molecular weight is 205 g/mol. The summed E-state index contributed by atoms with van der Waals surface area (Å²) < 4.78 is 1.53. The third-order valence-electron chi connectivity index (χ3n) is 1.74. The van der Waals surface area contributed by atoms with Gasteiger partial charge in [0.25, 0.3) is 5.95 Å². The molecular formula is C8H11N7. The summed E-state index contributed by atoms with van der Waals surface area (Å²) in [7, 11) is 3.67. The fraction of sp³-hybridized carbons (Fsp3) is 0.250. The van der Waals surface area contributed by atoms with Gasteiger partial charge in [0.05, 0.1) is 0 Å². The molecule has 15 heavy (non-hydrogen) atoms. The smallest absolute Gasteiger partial charge is 0.257 e. The number of aromatic nitrogens is 5. The summed E-state index contributed by atoms with van der Waals surface area (Å²) in [6.07, 6.45) is 3.39. The maximum Gasteiger partial charge on any atom is 0.257 e. The summed E-state index contributed by atoms with van der Waals surface area (Å²) in [5.41, 5.74) is 5.57. The van der Waals surface area contributed by atoms with Crippen LogP contribution in [0.25, 0.3) is 5.95 Å². The number of nitrogens with two attached hydrogens (primary N) is 1. The molecule has 2 aromatic heterocycles. The van der Waals surface area contributed by atoms with Crippen molar-refractivity contribution < 1.29 is 0 Å². The molecule has 0 radical (unpaired) electrons. The van der Waals surface area contributed by atoms with Crippen molar-refractivity contribution in [3.05, 3.63) is 18.5 Å². The monoisotopic (exact) mass is 205 g/mol. The molecule has 0 aliphatic carbocycles. The summed E-state index contributed by atoms with van der Waals surface area (Å²) in [6, 6.07) is 1.79. The van der Waals surface area contributed by atoms with Gasteiger partial charge < -0.3 is 10.6 Å². The van der Waals surface area contributed by atoms with Crippen molar-refractivity contribution in [1.82, 2.24) is 24.7 Å². The summed E-state index contributed by atoms with van der Waals surface area (Å²) >= 11 is 0. The van der Waals surface area contributed by atoms with Crippen molar-refractivity contribution in [1.29, 1.82) is 0 Å². The van der Waals surface area contributed by atoms with Crippen LogP contribution in [0.4, 0.5) is 11.9 Å². The fourth-order valence-electron chi connectivity index (χ4n) is 1.06. The van der Waals surface area contributed by atoms with Gasteiger partial charge in [-0.15, -0.1) is 0 Å². The number of anilines is 2. The van der Waals surface area contributed by atoms with Crippen LogP contribution in [0, 0.1) is 0 Å². The summed E-state index contributed by atoms with van der Waals surface area (Å²) in [5.74, 6) is 1.10. The predicted octanol–water partition coefficient (Wildman–Crippen LogP) is -0.295. The van der Waals surface area contributed by atoms with Crippen LogP contribution in [-0.4, -0.2) is 38.8 Å². The Morgan fingerprint density at radius 2 is 2.07 bits per heavy atom. The largest absolute Gasteiger partial charge is 0.368 e. The molecule has 0 saturated carbocycles. The molecule has 2 heterocycles. The van der Waals surface area contributed by atoms with Gasteiger partial charge in [0.1, 0.15) is 0 Å². The van der Waals surface area contributed by atoms with Crippen LogP contribution in [0.5, 0.6) is 0 Å². The lowest BCUT2D eigenvalue weighted by Gasteiger charge is -2.10. The highest BCUT2D eigenvalue weighted by atomic mass is 15.4. The number of nitrogen functional groups attached to an aromatic ring is 1. The Balaban J connectivity index is 2.49. The topological polar surface area (TPSA) is 85.8 Å². The second kappa shape index (κ2) is 3.52. The lowest BCUT2D eigenvalue weighted by atomic mass is 10.7. The summed E-state index contributed by atoms with van der Waals surface area (Å²) in [4.78, 5) is 13.9. The molecule has 2 N–H and O–H groups in total. The highest BCUT2D eigenvalue weighted by molar-refractivity contribution is 5.35. The van der Waals surface area contributed by atoms with Gasteiger partial charge in [-0.2, -0.15) is 20.1 Å². The SMILES string of the molecule is CN(C)c1nc(N)nc(-n2cccn2)n1. The molecule has 0 aliphatic rings. The summed E-state index contributed by atoms with van der Waals surface area (Å²) in [6.45, 7) is 0. The van der Waals surface area contributed by atoms with Gasteiger partial charge in [-0.3, -0.25) is 0 Å². The minimum absolute atomic E-state index is 0.180. The second-order valence-corrected chi connectivity index (χ2v) is 3.14.